The van der Waals surface area contributed by atoms with Crippen molar-refractivity contribution >= 4 is 0 Å². The molecule has 1 radical (unpaired) electrons. The van der Waals surface area contributed by atoms with Crippen molar-refractivity contribution in [2.24, 2.45) is 0 Å². The van der Waals surface area contributed by atoms with Crippen molar-refractivity contribution in [3.8, 4) is 0 Å². The van der Waals surface area contributed by atoms with Crippen LogP contribution in [-0.4, -0.2) is 0 Å². The first kappa shape index (κ1) is 13.3. The summed E-state index contributed by atoms with van der Waals surface area (Å²) >= 11 is 0. The SMILES string of the molecule is Cc1ccc2c(c1)CCC2[NH-].[CH3-].[Y]. The summed E-state index contributed by atoms with van der Waals surface area (Å²) in [5, 5.41) is 0. The number of hydrogen-bond acceptors (Lipinski definition) is 0. The number of fused-ring (bicyclic) bond motifs is 1. The molecule has 2 rings (SSSR count). The quantitative estimate of drug-likeness (QED) is 0.629. The largest absolute Gasteiger partial charge is 0.671 e. The Kier molecular flexibility index (Phi) is 5.35. The molecule has 2 heteroatoms. The van der Waals surface area contributed by atoms with Crippen LogP contribution < -0.4 is 0 Å². The number of aryl methyl sites for hydroxylation is 2. The number of benzene rings is 1. The molecule has 13 heavy (non-hydrogen) atoms. The second-order valence-electron chi connectivity index (χ2n) is 3.29. The van der Waals surface area contributed by atoms with E-state index in [1.165, 1.54) is 16.7 Å². The normalized spacial score (nSPS) is 18.5. The van der Waals surface area contributed by atoms with Gasteiger partial charge in [0.05, 0.1) is 0 Å². The van der Waals surface area contributed by atoms with Crippen LogP contribution in [0.4, 0.5) is 0 Å². The first-order valence-corrected chi connectivity index (χ1v) is 4.08. The molecule has 1 N–H and O–H groups in total. The topological polar surface area (TPSA) is 23.8 Å². The van der Waals surface area contributed by atoms with E-state index in [0.29, 0.717) is 0 Å². The summed E-state index contributed by atoms with van der Waals surface area (Å²) < 4.78 is 0. The molecule has 0 saturated heterocycles. The maximum absolute atomic E-state index is 7.68. The van der Waals surface area contributed by atoms with E-state index in [9.17, 15) is 0 Å². The molecule has 0 spiro atoms. The molecule has 1 aromatic rings. The molecule has 1 aromatic carbocycles. The molecule has 0 amide bonds. The minimum atomic E-state index is 0. The van der Waals surface area contributed by atoms with Gasteiger partial charge in [0.1, 0.15) is 0 Å². The fourth-order valence-corrected chi connectivity index (χ4v) is 1.75. The van der Waals surface area contributed by atoms with Gasteiger partial charge in [-0.05, 0) is 18.9 Å². The summed E-state index contributed by atoms with van der Waals surface area (Å²) in [7, 11) is 0. The third-order valence-corrected chi connectivity index (χ3v) is 2.38. The third-order valence-electron chi connectivity index (χ3n) is 2.38. The van der Waals surface area contributed by atoms with E-state index in [2.05, 4.69) is 25.1 Å². The summed E-state index contributed by atoms with van der Waals surface area (Å²) in [6.45, 7) is 2.11. The van der Waals surface area contributed by atoms with Gasteiger partial charge in [0.15, 0.2) is 0 Å². The van der Waals surface area contributed by atoms with E-state index in [4.69, 9.17) is 5.73 Å². The zero-order chi connectivity index (χ0) is 7.84. The van der Waals surface area contributed by atoms with E-state index < -0.39 is 0 Å². The summed E-state index contributed by atoms with van der Waals surface area (Å²) in [6, 6.07) is 6.47. The summed E-state index contributed by atoms with van der Waals surface area (Å²) in [5.74, 6) is 0. The maximum atomic E-state index is 7.68. The molecular formula is C11H15NY-2. The van der Waals surface area contributed by atoms with Crippen LogP contribution in [0.1, 0.15) is 29.2 Å². The van der Waals surface area contributed by atoms with Crippen molar-refractivity contribution in [1.82, 2.24) is 0 Å². The van der Waals surface area contributed by atoms with E-state index in [1.807, 2.05) is 0 Å². The minimum Gasteiger partial charge on any atom is -0.671 e. The fourth-order valence-electron chi connectivity index (χ4n) is 1.75. The van der Waals surface area contributed by atoms with E-state index in [0.717, 1.165) is 12.8 Å². The average Bonchev–Trinajstić information content (AvgIpc) is 2.32. The summed E-state index contributed by atoms with van der Waals surface area (Å²) in [6.07, 6.45) is 2.12. The molecule has 1 nitrogen and oxygen atoms in total. The zero-order valence-electron chi connectivity index (χ0n) is 8.30. The predicted octanol–water partition coefficient (Wildman–Crippen LogP) is 3.48. The van der Waals surface area contributed by atoms with Crippen LogP contribution in [0, 0.1) is 14.4 Å². The van der Waals surface area contributed by atoms with Crippen LogP contribution in [0.15, 0.2) is 18.2 Å². The van der Waals surface area contributed by atoms with Gasteiger partial charge in [-0.2, -0.15) is 0 Å². The van der Waals surface area contributed by atoms with E-state index in [1.54, 1.807) is 0 Å². The Morgan fingerprint density at radius 2 is 2.08 bits per heavy atom. The molecule has 0 saturated carbocycles. The molecule has 0 fully saturated rings. The van der Waals surface area contributed by atoms with Crippen molar-refractivity contribution in [2.45, 2.75) is 25.8 Å². The van der Waals surface area contributed by atoms with Crippen molar-refractivity contribution in [3.63, 3.8) is 0 Å². The predicted molar refractivity (Wildman–Crippen MR) is 53.0 cm³/mol. The van der Waals surface area contributed by atoms with Gasteiger partial charge in [0.2, 0.25) is 0 Å². The molecule has 69 valence electrons. The second-order valence-corrected chi connectivity index (χ2v) is 3.29. The van der Waals surface area contributed by atoms with Crippen LogP contribution in [0.25, 0.3) is 5.73 Å². The first-order valence-electron chi connectivity index (χ1n) is 4.08. The Labute approximate surface area is 106 Å². The first-order chi connectivity index (χ1) is 5.27. The zero-order valence-corrected chi connectivity index (χ0v) is 11.1. The maximum Gasteiger partial charge on any atom is 0 e. The minimum absolute atomic E-state index is 0. The number of rotatable bonds is 0. The number of nitrogens with one attached hydrogen (secondary N) is 1. The van der Waals surface area contributed by atoms with Crippen LogP contribution >= 0.6 is 0 Å². The van der Waals surface area contributed by atoms with Crippen molar-refractivity contribution in [1.29, 1.82) is 0 Å². The summed E-state index contributed by atoms with van der Waals surface area (Å²) in [5.41, 5.74) is 11.6. The Balaban J connectivity index is 0.000000720. The smallest absolute Gasteiger partial charge is 0 e. The molecule has 0 aromatic heterocycles. The second kappa shape index (κ2) is 5.24. The van der Waals surface area contributed by atoms with Crippen LogP contribution in [0.3, 0.4) is 0 Å². The van der Waals surface area contributed by atoms with Gasteiger partial charge in [-0.1, -0.05) is 35.7 Å². The Morgan fingerprint density at radius 1 is 1.38 bits per heavy atom. The molecule has 1 atom stereocenters. The van der Waals surface area contributed by atoms with Gasteiger partial charge < -0.3 is 13.2 Å². The molecule has 1 aliphatic carbocycles. The van der Waals surface area contributed by atoms with Gasteiger partial charge in [-0.25, -0.2) is 0 Å². The van der Waals surface area contributed by atoms with Crippen molar-refractivity contribution in [2.75, 3.05) is 0 Å². The molecule has 0 heterocycles. The number of hydrogen-bond donors (Lipinski definition) is 0. The van der Waals surface area contributed by atoms with Crippen molar-refractivity contribution in [3.05, 3.63) is 48.0 Å². The van der Waals surface area contributed by atoms with Crippen LogP contribution in [-0.2, 0) is 39.1 Å². The van der Waals surface area contributed by atoms with Gasteiger partial charge in [-0.15, -0.1) is 6.04 Å². The van der Waals surface area contributed by atoms with Gasteiger partial charge in [0, 0.05) is 32.7 Å². The molecule has 0 bridgehead atoms. The fraction of sp³-hybridized carbons (Fsp3) is 0.364. The Bertz CT molecular complexity index is 283. The molecule has 0 aliphatic heterocycles. The Hall–Kier alpha value is 0.284. The Morgan fingerprint density at radius 3 is 2.77 bits per heavy atom. The average molecular weight is 250 g/mol. The van der Waals surface area contributed by atoms with E-state index in [-0.39, 0.29) is 46.2 Å². The third kappa shape index (κ3) is 2.62. The molecule has 1 aliphatic rings. The van der Waals surface area contributed by atoms with Crippen LogP contribution in [0.5, 0.6) is 0 Å². The van der Waals surface area contributed by atoms with Gasteiger partial charge >= 0.3 is 0 Å². The summed E-state index contributed by atoms with van der Waals surface area (Å²) in [4.78, 5) is 0. The van der Waals surface area contributed by atoms with Gasteiger partial charge in [0.25, 0.3) is 0 Å². The monoisotopic (exact) mass is 250 g/mol. The molecule has 1 unspecified atom stereocenters. The van der Waals surface area contributed by atoms with Gasteiger partial charge in [-0.3, -0.25) is 0 Å². The standard InChI is InChI=1S/C10H12N.CH3.Y/c1-7-2-4-9-8(6-7)3-5-10(9)11;;/h2,4,6,10-11H,3,5H2,1H3;1H3;/q2*-1;. The molecular weight excluding hydrogens is 235 g/mol. The van der Waals surface area contributed by atoms with Crippen molar-refractivity contribution < 1.29 is 32.7 Å². The van der Waals surface area contributed by atoms with E-state index >= 15 is 0 Å². The van der Waals surface area contributed by atoms with Crippen LogP contribution in [0.2, 0.25) is 0 Å².